The molecular weight excluding hydrogens is 473 g/mol. The second kappa shape index (κ2) is 8.48. The van der Waals surface area contributed by atoms with Crippen LogP contribution in [0.3, 0.4) is 0 Å². The number of nitrogens with one attached hydrogen (secondary N) is 1. The number of aromatic hydroxyl groups is 1. The summed E-state index contributed by atoms with van der Waals surface area (Å²) in [7, 11) is 1.48. The van der Waals surface area contributed by atoms with Crippen LogP contribution in [-0.2, 0) is 0 Å². The molecule has 5 aromatic rings. The van der Waals surface area contributed by atoms with E-state index in [2.05, 4.69) is 4.98 Å². The van der Waals surface area contributed by atoms with E-state index in [1.54, 1.807) is 42.5 Å². The Kier molecular flexibility index (Phi) is 5.45. The first-order chi connectivity index (χ1) is 16.8. The molecule has 5 rings (SSSR count). The number of nitrogens with zero attached hydrogens (tertiary/aromatic N) is 2. The zero-order valence-electron chi connectivity index (χ0n) is 18.7. The van der Waals surface area contributed by atoms with E-state index in [-0.39, 0.29) is 33.2 Å². The minimum absolute atomic E-state index is 0.0121. The first-order valence-corrected chi connectivity index (χ1v) is 11.0. The molecule has 0 bridgehead atoms. The number of benzene rings is 3. The predicted octanol–water partition coefficient (Wildman–Crippen LogP) is 4.95. The summed E-state index contributed by atoms with van der Waals surface area (Å²) in [5.74, 6) is -0.167. The number of hydrogen-bond donors (Lipinski definition) is 2. The smallest absolute Gasteiger partial charge is 0.333 e. The van der Waals surface area contributed by atoms with Gasteiger partial charge in [0.25, 0.3) is 5.56 Å². The molecule has 7 nitrogen and oxygen atoms in total. The van der Waals surface area contributed by atoms with Crippen molar-refractivity contribution in [2.75, 3.05) is 7.11 Å². The standard InChI is InChI=1S/C26H19ClFN3O4/c1-14-18(28)6-4-7-20(14)31-25(33)23-19(29-26(31)34)13-22(27)30(23)16-11-9-15(10-12-16)17-5-3-8-21(35-2)24(17)32/h3-13,32H,1-2H3,(H,29,34). The number of methoxy groups -OCH3 is 1. The van der Waals surface area contributed by atoms with E-state index >= 15 is 0 Å². The van der Waals surface area contributed by atoms with Gasteiger partial charge in [0.2, 0.25) is 0 Å². The Balaban J connectivity index is 1.69. The SMILES string of the molecule is COc1cccc(-c2ccc(-n3c(Cl)cc4[nH]c(=O)n(-c5cccc(F)c5C)c(=O)c43)cc2)c1O. The molecule has 0 aliphatic carbocycles. The fraction of sp³-hybridized carbons (Fsp3) is 0.0769. The molecule has 2 aromatic heterocycles. The molecule has 2 heterocycles. The van der Waals surface area contributed by atoms with Crippen LogP contribution in [0.2, 0.25) is 5.15 Å². The summed E-state index contributed by atoms with van der Waals surface area (Å²) < 4.78 is 21.8. The summed E-state index contributed by atoms with van der Waals surface area (Å²) in [5.41, 5.74) is 1.22. The van der Waals surface area contributed by atoms with Crippen molar-refractivity contribution in [1.82, 2.24) is 14.1 Å². The Labute approximate surface area is 203 Å². The topological polar surface area (TPSA) is 89.2 Å². The Morgan fingerprint density at radius 3 is 2.43 bits per heavy atom. The van der Waals surface area contributed by atoms with E-state index in [4.69, 9.17) is 16.3 Å². The van der Waals surface area contributed by atoms with Gasteiger partial charge in [-0.05, 0) is 48.9 Å². The monoisotopic (exact) mass is 491 g/mol. The second-order valence-corrected chi connectivity index (χ2v) is 8.31. The quantitative estimate of drug-likeness (QED) is 0.372. The first kappa shape index (κ1) is 22.5. The van der Waals surface area contributed by atoms with Crippen LogP contribution in [0, 0.1) is 12.7 Å². The Hall–Kier alpha value is -4.30. The van der Waals surface area contributed by atoms with Gasteiger partial charge in [0.15, 0.2) is 11.5 Å². The van der Waals surface area contributed by atoms with Gasteiger partial charge in [-0.3, -0.25) is 9.36 Å². The largest absolute Gasteiger partial charge is 0.504 e. The highest BCUT2D eigenvalue weighted by Crippen LogP contribution is 2.37. The van der Waals surface area contributed by atoms with Gasteiger partial charge in [-0.2, -0.15) is 0 Å². The van der Waals surface area contributed by atoms with Crippen LogP contribution >= 0.6 is 11.6 Å². The maximum atomic E-state index is 14.2. The van der Waals surface area contributed by atoms with Gasteiger partial charge in [0, 0.05) is 16.8 Å². The highest BCUT2D eigenvalue weighted by atomic mass is 35.5. The van der Waals surface area contributed by atoms with Crippen molar-refractivity contribution in [3.63, 3.8) is 0 Å². The number of halogens is 2. The normalized spacial score (nSPS) is 11.2. The number of aromatic nitrogens is 3. The minimum atomic E-state index is -0.700. The lowest BCUT2D eigenvalue weighted by Crippen LogP contribution is -2.34. The molecule has 3 aromatic carbocycles. The van der Waals surface area contributed by atoms with Gasteiger partial charge in [-0.25, -0.2) is 13.8 Å². The fourth-order valence-corrected chi connectivity index (χ4v) is 4.47. The summed E-state index contributed by atoms with van der Waals surface area (Å²) in [5, 5.41) is 10.7. The Morgan fingerprint density at radius 2 is 1.71 bits per heavy atom. The van der Waals surface area contributed by atoms with Crippen LogP contribution in [0.15, 0.2) is 76.3 Å². The number of para-hydroxylation sites is 1. The van der Waals surface area contributed by atoms with Crippen molar-refractivity contribution in [3.05, 3.63) is 104 Å². The van der Waals surface area contributed by atoms with E-state index in [0.29, 0.717) is 17.0 Å². The van der Waals surface area contributed by atoms with Crippen molar-refractivity contribution in [1.29, 1.82) is 0 Å². The molecule has 0 amide bonds. The molecule has 0 fully saturated rings. The highest BCUT2D eigenvalue weighted by Gasteiger charge is 2.19. The number of phenols is 1. The third-order valence-electron chi connectivity index (χ3n) is 5.94. The van der Waals surface area contributed by atoms with Crippen LogP contribution < -0.4 is 16.0 Å². The fourth-order valence-electron chi connectivity index (χ4n) is 4.17. The van der Waals surface area contributed by atoms with Crippen LogP contribution in [0.1, 0.15) is 5.56 Å². The maximum Gasteiger partial charge on any atom is 0.333 e. The van der Waals surface area contributed by atoms with E-state index in [9.17, 15) is 19.1 Å². The number of rotatable bonds is 4. The van der Waals surface area contributed by atoms with Crippen LogP contribution in [-0.4, -0.2) is 26.3 Å². The van der Waals surface area contributed by atoms with Crippen molar-refractivity contribution in [3.8, 4) is 34.0 Å². The van der Waals surface area contributed by atoms with Crippen LogP contribution in [0.5, 0.6) is 11.5 Å². The van der Waals surface area contributed by atoms with Crippen molar-refractivity contribution in [2.24, 2.45) is 0 Å². The zero-order valence-corrected chi connectivity index (χ0v) is 19.4. The third kappa shape index (κ3) is 3.59. The summed E-state index contributed by atoms with van der Waals surface area (Å²) >= 11 is 6.48. The number of hydrogen-bond acceptors (Lipinski definition) is 4. The number of H-pyrrole nitrogens is 1. The molecule has 176 valence electrons. The van der Waals surface area contributed by atoms with Gasteiger partial charge < -0.3 is 14.8 Å². The molecule has 0 unspecified atom stereocenters. The lowest BCUT2D eigenvalue weighted by Gasteiger charge is -2.12. The van der Waals surface area contributed by atoms with Gasteiger partial charge in [-0.15, -0.1) is 0 Å². The van der Waals surface area contributed by atoms with E-state index < -0.39 is 17.1 Å². The lowest BCUT2D eigenvalue weighted by atomic mass is 10.0. The highest BCUT2D eigenvalue weighted by molar-refractivity contribution is 6.31. The molecule has 0 radical (unpaired) electrons. The van der Waals surface area contributed by atoms with Crippen LogP contribution in [0.4, 0.5) is 4.39 Å². The van der Waals surface area contributed by atoms with Gasteiger partial charge in [0.1, 0.15) is 16.5 Å². The molecule has 35 heavy (non-hydrogen) atoms. The number of fused-ring (bicyclic) bond motifs is 1. The molecule has 9 heteroatoms. The second-order valence-electron chi connectivity index (χ2n) is 7.92. The van der Waals surface area contributed by atoms with E-state index in [0.717, 1.165) is 10.1 Å². The molecule has 0 aliphatic heterocycles. The summed E-state index contributed by atoms with van der Waals surface area (Å²) in [6.45, 7) is 1.50. The van der Waals surface area contributed by atoms with E-state index in [1.807, 2.05) is 0 Å². The summed E-state index contributed by atoms with van der Waals surface area (Å²) in [6.07, 6.45) is 0. The average molecular weight is 492 g/mol. The molecule has 2 N–H and O–H groups in total. The van der Waals surface area contributed by atoms with Crippen molar-refractivity contribution in [2.45, 2.75) is 6.92 Å². The third-order valence-corrected chi connectivity index (χ3v) is 6.22. The maximum absolute atomic E-state index is 14.2. The predicted molar refractivity (Wildman–Crippen MR) is 133 cm³/mol. The average Bonchev–Trinajstić information content (AvgIpc) is 3.17. The molecule has 0 saturated heterocycles. The Morgan fingerprint density at radius 1 is 1.00 bits per heavy atom. The van der Waals surface area contributed by atoms with Crippen molar-refractivity contribution >= 4 is 22.6 Å². The van der Waals surface area contributed by atoms with Crippen molar-refractivity contribution < 1.29 is 14.2 Å². The molecular formula is C26H19ClFN3O4. The molecule has 0 saturated carbocycles. The summed E-state index contributed by atoms with van der Waals surface area (Å²) in [4.78, 5) is 28.9. The van der Waals surface area contributed by atoms with Gasteiger partial charge in [0.05, 0.1) is 18.3 Å². The number of phenolic OH excluding ortho intramolecular Hbond substituents is 1. The first-order valence-electron chi connectivity index (χ1n) is 10.6. The molecule has 0 spiro atoms. The molecule has 0 aliphatic rings. The lowest BCUT2D eigenvalue weighted by molar-refractivity contribution is 0.374. The Bertz CT molecular complexity index is 1720. The van der Waals surface area contributed by atoms with Gasteiger partial charge in [-0.1, -0.05) is 41.9 Å². The number of aromatic amines is 1. The van der Waals surface area contributed by atoms with Gasteiger partial charge >= 0.3 is 5.69 Å². The zero-order chi connectivity index (χ0) is 24.9. The minimum Gasteiger partial charge on any atom is -0.504 e. The van der Waals surface area contributed by atoms with E-state index in [1.165, 1.54) is 42.9 Å². The summed E-state index contributed by atoms with van der Waals surface area (Å²) in [6, 6.07) is 17.9. The van der Waals surface area contributed by atoms with Crippen LogP contribution in [0.25, 0.3) is 33.5 Å². The molecule has 0 atom stereocenters. The number of ether oxygens (including phenoxy) is 1.